The van der Waals surface area contributed by atoms with Gasteiger partial charge in [0.2, 0.25) is 0 Å². The summed E-state index contributed by atoms with van der Waals surface area (Å²) in [6, 6.07) is 0. The second kappa shape index (κ2) is 6.10. The van der Waals surface area contributed by atoms with Crippen LogP contribution in [0, 0.1) is 6.61 Å². The van der Waals surface area contributed by atoms with Crippen LogP contribution >= 0.6 is 0 Å². The van der Waals surface area contributed by atoms with E-state index >= 15 is 0 Å². The fourth-order valence-corrected chi connectivity index (χ4v) is 0.537. The summed E-state index contributed by atoms with van der Waals surface area (Å²) in [6.45, 7) is 5.94. The highest BCUT2D eigenvalue weighted by molar-refractivity contribution is 5.61. The van der Waals surface area contributed by atoms with Gasteiger partial charge in [-0.25, -0.2) is 9.59 Å². The highest BCUT2D eigenvalue weighted by atomic mass is 16.7. The van der Waals surface area contributed by atoms with E-state index < -0.39 is 17.9 Å². The number of rotatable bonds is 3. The summed E-state index contributed by atoms with van der Waals surface area (Å²) in [6.07, 6.45) is -1.70. The summed E-state index contributed by atoms with van der Waals surface area (Å²) in [7, 11) is 1.18. The van der Waals surface area contributed by atoms with Gasteiger partial charge in [0.15, 0.2) is 6.61 Å². The van der Waals surface area contributed by atoms with Crippen molar-refractivity contribution in [2.75, 3.05) is 13.7 Å². The second-order valence-corrected chi connectivity index (χ2v) is 3.51. The van der Waals surface area contributed by atoms with Gasteiger partial charge in [-0.3, -0.25) is 0 Å². The molecule has 15 heavy (non-hydrogen) atoms. The zero-order chi connectivity index (χ0) is 11.9. The van der Waals surface area contributed by atoms with E-state index in [0.717, 1.165) is 6.61 Å². The Hall–Kier alpha value is -1.46. The molecule has 0 aliphatic rings. The van der Waals surface area contributed by atoms with Crippen LogP contribution < -0.4 is 0 Å². The fraction of sp³-hybridized carbons (Fsp3) is 0.667. The first kappa shape index (κ1) is 13.5. The number of carbonyl (C=O) groups excluding carboxylic acids is 2. The molecule has 0 aliphatic heterocycles. The van der Waals surface area contributed by atoms with E-state index in [2.05, 4.69) is 14.2 Å². The molecule has 0 aromatic carbocycles. The van der Waals surface area contributed by atoms with Crippen LogP contribution in [-0.4, -0.2) is 31.6 Å². The maximum Gasteiger partial charge on any atom is 0.509 e. The maximum atomic E-state index is 10.9. The average Bonchev–Trinajstić information content (AvgIpc) is 2.09. The van der Waals surface area contributed by atoms with E-state index in [4.69, 9.17) is 4.74 Å². The normalized spacial score (nSPS) is 10.4. The van der Waals surface area contributed by atoms with Crippen molar-refractivity contribution in [1.82, 2.24) is 0 Å². The van der Waals surface area contributed by atoms with E-state index in [-0.39, 0.29) is 6.61 Å². The van der Waals surface area contributed by atoms with Gasteiger partial charge in [0.1, 0.15) is 12.2 Å². The SMILES string of the molecule is COC(=O)OC[CH]OC(=O)OC(C)(C)C. The molecular weight excluding hydrogens is 204 g/mol. The maximum absolute atomic E-state index is 10.9. The first-order valence-corrected chi connectivity index (χ1v) is 4.27. The van der Waals surface area contributed by atoms with Crippen molar-refractivity contribution >= 4 is 12.3 Å². The minimum atomic E-state index is -0.851. The first-order valence-electron chi connectivity index (χ1n) is 4.27. The molecule has 0 heterocycles. The molecule has 1 radical (unpaired) electrons. The summed E-state index contributed by atoms with van der Waals surface area (Å²) < 4.78 is 17.9. The summed E-state index contributed by atoms with van der Waals surface area (Å²) in [5.41, 5.74) is -0.617. The van der Waals surface area contributed by atoms with Gasteiger partial charge in [-0.15, -0.1) is 0 Å². The summed E-state index contributed by atoms with van der Waals surface area (Å²) in [5.74, 6) is 0. The van der Waals surface area contributed by atoms with Crippen molar-refractivity contribution < 1.29 is 28.5 Å². The summed E-state index contributed by atoms with van der Waals surface area (Å²) in [4.78, 5) is 21.4. The Kier molecular flexibility index (Phi) is 5.51. The van der Waals surface area contributed by atoms with Gasteiger partial charge in [-0.1, -0.05) is 0 Å². The Balaban J connectivity index is 3.52. The number of hydrogen-bond donors (Lipinski definition) is 0. The van der Waals surface area contributed by atoms with E-state index in [0.29, 0.717) is 0 Å². The highest BCUT2D eigenvalue weighted by Gasteiger charge is 2.17. The van der Waals surface area contributed by atoms with Crippen LogP contribution in [0.5, 0.6) is 0 Å². The molecule has 6 nitrogen and oxygen atoms in total. The number of methoxy groups -OCH3 is 1. The predicted octanol–water partition coefficient (Wildman–Crippen LogP) is 1.88. The van der Waals surface area contributed by atoms with E-state index in [9.17, 15) is 9.59 Å². The Morgan fingerprint density at radius 1 is 1.20 bits per heavy atom. The third-order valence-corrected chi connectivity index (χ3v) is 1.00. The van der Waals surface area contributed by atoms with Crippen LogP contribution in [0.2, 0.25) is 0 Å². The molecule has 0 aromatic heterocycles. The molecule has 0 rings (SSSR count). The van der Waals surface area contributed by atoms with Gasteiger partial charge < -0.3 is 18.9 Å². The largest absolute Gasteiger partial charge is 0.509 e. The van der Waals surface area contributed by atoms with Crippen LogP contribution in [0.4, 0.5) is 9.59 Å². The van der Waals surface area contributed by atoms with Crippen LogP contribution in [0.3, 0.4) is 0 Å². The molecule has 0 bridgehead atoms. The van der Waals surface area contributed by atoms with Gasteiger partial charge in [0.05, 0.1) is 7.11 Å². The van der Waals surface area contributed by atoms with Crippen molar-refractivity contribution in [1.29, 1.82) is 0 Å². The van der Waals surface area contributed by atoms with Crippen molar-refractivity contribution in [3.63, 3.8) is 0 Å². The first-order chi connectivity index (χ1) is 6.85. The summed E-state index contributed by atoms with van der Waals surface area (Å²) >= 11 is 0. The van der Waals surface area contributed by atoms with Crippen molar-refractivity contribution in [3.8, 4) is 0 Å². The highest BCUT2D eigenvalue weighted by Crippen LogP contribution is 2.08. The average molecular weight is 219 g/mol. The molecule has 0 aromatic rings. The molecule has 0 saturated carbocycles. The van der Waals surface area contributed by atoms with Crippen LogP contribution in [0.15, 0.2) is 0 Å². The molecule has 0 atom stereocenters. The molecule has 0 aliphatic carbocycles. The molecule has 0 spiro atoms. The van der Waals surface area contributed by atoms with Gasteiger partial charge in [0.25, 0.3) is 0 Å². The zero-order valence-corrected chi connectivity index (χ0v) is 9.23. The molecule has 0 fully saturated rings. The van der Waals surface area contributed by atoms with Crippen molar-refractivity contribution in [2.45, 2.75) is 26.4 Å². The molecule has 0 N–H and O–H groups in total. The minimum absolute atomic E-state index is 0.189. The van der Waals surface area contributed by atoms with E-state index in [1.54, 1.807) is 20.8 Å². The Labute approximate surface area is 88.4 Å². The van der Waals surface area contributed by atoms with Crippen LogP contribution in [0.25, 0.3) is 0 Å². The number of carbonyl (C=O) groups is 2. The standard InChI is InChI=1S/C9H15O6/c1-9(2,3)15-8(11)14-6-5-13-7(10)12-4/h6H,5H2,1-4H3. The van der Waals surface area contributed by atoms with Gasteiger partial charge >= 0.3 is 12.3 Å². The quantitative estimate of drug-likeness (QED) is 0.533. The van der Waals surface area contributed by atoms with Gasteiger partial charge in [-0.2, -0.15) is 0 Å². The second-order valence-electron chi connectivity index (χ2n) is 3.51. The monoisotopic (exact) mass is 219 g/mol. The molecule has 87 valence electrons. The van der Waals surface area contributed by atoms with Crippen molar-refractivity contribution in [2.24, 2.45) is 0 Å². The lowest BCUT2D eigenvalue weighted by atomic mass is 10.2. The van der Waals surface area contributed by atoms with Gasteiger partial charge in [0, 0.05) is 0 Å². The smallest absolute Gasteiger partial charge is 0.438 e. The third-order valence-electron chi connectivity index (χ3n) is 1.00. The predicted molar refractivity (Wildman–Crippen MR) is 50.0 cm³/mol. The lowest BCUT2D eigenvalue weighted by molar-refractivity contribution is -0.00313. The molecule has 0 amide bonds. The molecule has 6 heteroatoms. The molecule has 0 saturated heterocycles. The zero-order valence-electron chi connectivity index (χ0n) is 9.23. The van der Waals surface area contributed by atoms with Crippen molar-refractivity contribution in [3.05, 3.63) is 6.61 Å². The van der Waals surface area contributed by atoms with Gasteiger partial charge in [-0.05, 0) is 20.8 Å². The number of hydrogen-bond acceptors (Lipinski definition) is 6. The van der Waals surface area contributed by atoms with E-state index in [1.165, 1.54) is 7.11 Å². The third kappa shape index (κ3) is 8.86. The van der Waals surface area contributed by atoms with Crippen LogP contribution in [-0.2, 0) is 18.9 Å². The molecule has 0 unspecified atom stereocenters. The Morgan fingerprint density at radius 3 is 2.27 bits per heavy atom. The van der Waals surface area contributed by atoms with E-state index in [1.807, 2.05) is 0 Å². The lowest BCUT2D eigenvalue weighted by Crippen LogP contribution is -2.24. The Morgan fingerprint density at radius 2 is 1.80 bits per heavy atom. The topological polar surface area (TPSA) is 71.1 Å². The Bertz CT molecular complexity index is 217. The minimum Gasteiger partial charge on any atom is -0.438 e. The van der Waals surface area contributed by atoms with Crippen LogP contribution in [0.1, 0.15) is 20.8 Å². The lowest BCUT2D eigenvalue weighted by Gasteiger charge is -2.18. The number of ether oxygens (including phenoxy) is 4. The molecular formula is C9H15O6. The summed E-state index contributed by atoms with van der Waals surface area (Å²) in [5, 5.41) is 0. The fourth-order valence-electron chi connectivity index (χ4n) is 0.537.